The maximum Gasteiger partial charge on any atom is 0.188 e. The number of pyridine rings is 1. The number of nitrogens with one attached hydrogen (secondary N) is 1. The Morgan fingerprint density at radius 3 is 2.82 bits per heavy atom. The molecule has 7 nitrogen and oxygen atoms in total. The summed E-state index contributed by atoms with van der Waals surface area (Å²) in [6, 6.07) is 5.43. The van der Waals surface area contributed by atoms with Crippen LogP contribution in [0.3, 0.4) is 0 Å². The standard InChI is InChI=1S/C20H27N7S/c1-14(22-20-21-8-11-28-20)27-16-7-9-25(13-16)17-4-5-18(23-19(17)27)26-10-6-15(12-26)24(2)3/h4-5,8,11,15-16H,1,6-7,9-10,12-13H2,2-3H3,(H,21,22)/t15-,16-/m0/s1. The molecule has 5 rings (SSSR count). The number of nitrogens with zero attached hydrogens (tertiary/aromatic N) is 6. The highest BCUT2D eigenvalue weighted by Gasteiger charge is 2.39. The highest BCUT2D eigenvalue weighted by Crippen LogP contribution is 2.42. The van der Waals surface area contributed by atoms with Crippen LogP contribution >= 0.6 is 11.3 Å². The van der Waals surface area contributed by atoms with Gasteiger partial charge in [-0.15, -0.1) is 11.3 Å². The molecule has 8 heteroatoms. The maximum atomic E-state index is 5.14. The van der Waals surface area contributed by atoms with Crippen molar-refractivity contribution in [3.63, 3.8) is 0 Å². The van der Waals surface area contributed by atoms with Crippen LogP contribution in [0.15, 0.2) is 36.1 Å². The van der Waals surface area contributed by atoms with E-state index in [0.29, 0.717) is 12.1 Å². The van der Waals surface area contributed by atoms with E-state index in [2.05, 4.69) is 62.7 Å². The van der Waals surface area contributed by atoms with Gasteiger partial charge in [0.15, 0.2) is 10.9 Å². The van der Waals surface area contributed by atoms with E-state index >= 15 is 0 Å². The summed E-state index contributed by atoms with van der Waals surface area (Å²) in [7, 11) is 4.32. The summed E-state index contributed by atoms with van der Waals surface area (Å²) in [5.74, 6) is 2.95. The second-order valence-electron chi connectivity index (χ2n) is 8.03. The van der Waals surface area contributed by atoms with Gasteiger partial charge in [0, 0.05) is 43.8 Å². The van der Waals surface area contributed by atoms with Gasteiger partial charge >= 0.3 is 0 Å². The first-order chi connectivity index (χ1) is 13.6. The van der Waals surface area contributed by atoms with E-state index < -0.39 is 0 Å². The number of aromatic nitrogens is 2. The fourth-order valence-corrected chi connectivity index (χ4v) is 5.11. The topological polar surface area (TPSA) is 50.8 Å². The minimum absolute atomic E-state index is 0.406. The molecule has 0 radical (unpaired) electrons. The molecule has 0 amide bonds. The van der Waals surface area contributed by atoms with E-state index in [1.807, 2.05) is 11.6 Å². The van der Waals surface area contributed by atoms with Crippen molar-refractivity contribution in [2.24, 2.45) is 0 Å². The lowest BCUT2D eigenvalue weighted by atomic mass is 10.2. The monoisotopic (exact) mass is 397 g/mol. The largest absolute Gasteiger partial charge is 0.366 e. The molecule has 0 aliphatic carbocycles. The quantitative estimate of drug-likeness (QED) is 0.832. The van der Waals surface area contributed by atoms with Gasteiger partial charge in [0.25, 0.3) is 0 Å². The number of thiazole rings is 1. The molecule has 2 fully saturated rings. The predicted molar refractivity (Wildman–Crippen MR) is 117 cm³/mol. The molecule has 3 aliphatic rings. The van der Waals surface area contributed by atoms with Crippen molar-refractivity contribution in [1.82, 2.24) is 14.9 Å². The summed E-state index contributed by atoms with van der Waals surface area (Å²) in [5.41, 5.74) is 1.21. The molecule has 2 bridgehead atoms. The SMILES string of the molecule is C=C(Nc1nccs1)N1c2nc(N3CC[C@H](N(C)C)C3)ccc2N2CC[C@H]1C2. The van der Waals surface area contributed by atoms with Gasteiger partial charge in [0.1, 0.15) is 11.6 Å². The normalized spacial score (nSPS) is 23.5. The molecule has 0 saturated carbocycles. The average molecular weight is 398 g/mol. The van der Waals surface area contributed by atoms with Crippen molar-refractivity contribution in [1.29, 1.82) is 0 Å². The molecular formula is C20H27N7S. The van der Waals surface area contributed by atoms with Crippen LogP contribution in [0.2, 0.25) is 0 Å². The van der Waals surface area contributed by atoms with Gasteiger partial charge in [0.2, 0.25) is 0 Å². The second-order valence-corrected chi connectivity index (χ2v) is 8.93. The van der Waals surface area contributed by atoms with Crippen LogP contribution in [0.25, 0.3) is 0 Å². The van der Waals surface area contributed by atoms with E-state index in [1.165, 1.54) is 12.1 Å². The molecule has 0 aromatic carbocycles. The number of rotatable bonds is 5. The summed E-state index contributed by atoms with van der Waals surface area (Å²) < 4.78 is 0. The highest BCUT2D eigenvalue weighted by atomic mass is 32.1. The summed E-state index contributed by atoms with van der Waals surface area (Å²) in [4.78, 5) is 19.0. The van der Waals surface area contributed by atoms with Gasteiger partial charge in [-0.2, -0.15) is 0 Å². The Hall–Kier alpha value is -2.32. The maximum absolute atomic E-state index is 5.14. The third-order valence-electron chi connectivity index (χ3n) is 6.13. The summed E-state index contributed by atoms with van der Waals surface area (Å²) in [5, 5.41) is 6.23. The van der Waals surface area contributed by atoms with Crippen LogP contribution in [0.5, 0.6) is 0 Å². The third kappa shape index (κ3) is 3.00. The van der Waals surface area contributed by atoms with Gasteiger partial charge in [0.05, 0.1) is 11.7 Å². The highest BCUT2D eigenvalue weighted by molar-refractivity contribution is 7.13. The Balaban J connectivity index is 1.45. The minimum atomic E-state index is 0.406. The third-order valence-corrected chi connectivity index (χ3v) is 6.82. The van der Waals surface area contributed by atoms with Crippen LogP contribution in [0.1, 0.15) is 12.8 Å². The Kier molecular flexibility index (Phi) is 4.40. The number of fused-ring (bicyclic) bond motifs is 4. The lowest BCUT2D eigenvalue weighted by Gasteiger charge is -2.38. The average Bonchev–Trinajstić information content (AvgIpc) is 3.43. The minimum Gasteiger partial charge on any atom is -0.366 e. The fraction of sp³-hybridized carbons (Fsp3) is 0.500. The van der Waals surface area contributed by atoms with E-state index in [1.54, 1.807) is 11.3 Å². The molecule has 1 N–H and O–H groups in total. The fourth-order valence-electron chi connectivity index (χ4n) is 4.56. The van der Waals surface area contributed by atoms with Gasteiger partial charge in [-0.3, -0.25) is 0 Å². The predicted octanol–water partition coefficient (Wildman–Crippen LogP) is 2.66. The van der Waals surface area contributed by atoms with Crippen molar-refractivity contribution in [3.8, 4) is 0 Å². The molecular weight excluding hydrogens is 370 g/mol. The summed E-state index contributed by atoms with van der Waals surface area (Å²) >= 11 is 1.59. The zero-order valence-corrected chi connectivity index (χ0v) is 17.3. The molecule has 2 aromatic heterocycles. The molecule has 28 heavy (non-hydrogen) atoms. The smallest absolute Gasteiger partial charge is 0.188 e. The lowest BCUT2D eigenvalue weighted by Crippen LogP contribution is -2.44. The summed E-state index contributed by atoms with van der Waals surface area (Å²) in [6.07, 6.45) is 4.12. The first-order valence-corrected chi connectivity index (χ1v) is 10.8. The zero-order chi connectivity index (χ0) is 19.3. The second kappa shape index (κ2) is 6.93. The molecule has 2 atom stereocenters. The number of likely N-dealkylation sites (N-methyl/N-ethyl adjacent to an activating group) is 1. The molecule has 2 saturated heterocycles. The van der Waals surface area contributed by atoms with Crippen molar-refractivity contribution in [3.05, 3.63) is 36.1 Å². The molecule has 2 aromatic rings. The van der Waals surface area contributed by atoms with E-state index in [9.17, 15) is 0 Å². The van der Waals surface area contributed by atoms with Crippen molar-refractivity contribution in [2.75, 3.05) is 60.3 Å². The van der Waals surface area contributed by atoms with E-state index in [4.69, 9.17) is 4.98 Å². The Morgan fingerprint density at radius 1 is 1.21 bits per heavy atom. The van der Waals surface area contributed by atoms with Crippen molar-refractivity contribution < 1.29 is 0 Å². The Bertz CT molecular complexity index is 865. The number of hydrogen-bond donors (Lipinski definition) is 1. The van der Waals surface area contributed by atoms with Crippen LogP contribution < -0.4 is 20.0 Å². The molecule has 3 aliphatic heterocycles. The van der Waals surface area contributed by atoms with Gasteiger partial charge in [-0.25, -0.2) is 9.97 Å². The molecule has 5 heterocycles. The van der Waals surface area contributed by atoms with Gasteiger partial charge in [-0.1, -0.05) is 6.58 Å². The molecule has 148 valence electrons. The van der Waals surface area contributed by atoms with E-state index in [-0.39, 0.29) is 0 Å². The first-order valence-electron chi connectivity index (χ1n) is 9.92. The first kappa shape index (κ1) is 17.8. The van der Waals surface area contributed by atoms with Crippen LogP contribution in [-0.4, -0.2) is 67.2 Å². The lowest BCUT2D eigenvalue weighted by molar-refractivity contribution is 0.315. The van der Waals surface area contributed by atoms with Crippen molar-refractivity contribution in [2.45, 2.75) is 24.9 Å². The number of hydrogen-bond acceptors (Lipinski definition) is 8. The molecule has 0 unspecified atom stereocenters. The van der Waals surface area contributed by atoms with Crippen LogP contribution in [-0.2, 0) is 0 Å². The summed E-state index contributed by atoms with van der Waals surface area (Å²) in [6.45, 7) is 8.52. The Morgan fingerprint density at radius 2 is 2.07 bits per heavy atom. The van der Waals surface area contributed by atoms with E-state index in [0.717, 1.165) is 55.2 Å². The Labute approximate surface area is 170 Å². The zero-order valence-electron chi connectivity index (χ0n) is 16.5. The van der Waals surface area contributed by atoms with Crippen LogP contribution in [0, 0.1) is 0 Å². The molecule has 0 spiro atoms. The number of anilines is 4. The van der Waals surface area contributed by atoms with Gasteiger partial charge < -0.3 is 24.9 Å². The van der Waals surface area contributed by atoms with Gasteiger partial charge in [-0.05, 0) is 39.1 Å². The van der Waals surface area contributed by atoms with Crippen LogP contribution in [0.4, 0.5) is 22.5 Å². The van der Waals surface area contributed by atoms with Crippen molar-refractivity contribution >= 4 is 33.8 Å².